The highest BCUT2D eigenvalue weighted by Gasteiger charge is 2.19. The van der Waals surface area contributed by atoms with E-state index in [-0.39, 0.29) is 6.42 Å². The highest BCUT2D eigenvalue weighted by molar-refractivity contribution is 7.34. The minimum absolute atomic E-state index is 0.249. The second-order valence-electron chi connectivity index (χ2n) is 1.69. The fraction of sp³-hybridized carbons (Fsp3) is 0.750. The molecule has 0 aromatic heterocycles. The number of aliphatic carboxylic acids is 1. The van der Waals surface area contributed by atoms with Crippen molar-refractivity contribution in [2.24, 2.45) is 0 Å². The first-order valence-electron chi connectivity index (χ1n) is 2.71. The molecule has 0 spiro atoms. The largest absolute Gasteiger partial charge is 0.578 e. The Morgan fingerprint density at radius 3 is 2.50 bits per heavy atom. The maximum atomic E-state index is 10.1. The van der Waals surface area contributed by atoms with Crippen LogP contribution in [0.4, 0.5) is 0 Å². The van der Waals surface area contributed by atoms with Crippen molar-refractivity contribution in [3.8, 4) is 0 Å². The molecule has 58 valence electrons. The Labute approximate surface area is 59.0 Å². The maximum Gasteiger partial charge on any atom is 0.409 e. The highest BCUT2D eigenvalue weighted by Crippen LogP contribution is 2.03. The van der Waals surface area contributed by atoms with Crippen molar-refractivity contribution in [3.05, 3.63) is 0 Å². The zero-order chi connectivity index (χ0) is 8.15. The van der Waals surface area contributed by atoms with Crippen LogP contribution >= 0.6 is 8.18 Å². The van der Waals surface area contributed by atoms with Gasteiger partial charge in [0.25, 0.3) is 0 Å². The molecule has 0 bridgehead atoms. The molecule has 0 heterocycles. The molecule has 6 heteroatoms. The van der Waals surface area contributed by atoms with Crippen LogP contribution in [0.3, 0.4) is 0 Å². The normalized spacial score (nSPS) is 14.4. The van der Waals surface area contributed by atoms with Crippen molar-refractivity contribution in [1.29, 1.82) is 0 Å². The summed E-state index contributed by atoms with van der Waals surface area (Å²) in [5.41, 5.74) is 0. The molecule has 10 heavy (non-hydrogen) atoms. The fourth-order valence-electron chi connectivity index (χ4n) is 0.448. The summed E-state index contributed by atoms with van der Waals surface area (Å²) in [7, 11) is -2.81. The predicted octanol–water partition coefficient (Wildman–Crippen LogP) is -0.543. The molecule has 2 atom stereocenters. The smallest absolute Gasteiger partial charge is 0.409 e. The molecule has 0 aromatic carbocycles. The lowest BCUT2D eigenvalue weighted by molar-refractivity contribution is -0.169. The van der Waals surface area contributed by atoms with Gasteiger partial charge in [-0.2, -0.15) is 0 Å². The Hall–Kier alpha value is -0.510. The number of rotatable bonds is 4. The van der Waals surface area contributed by atoms with Gasteiger partial charge in [0.2, 0.25) is 0 Å². The van der Waals surface area contributed by atoms with E-state index in [0.29, 0.717) is 0 Å². The Morgan fingerprint density at radius 2 is 2.40 bits per heavy atom. The minimum Gasteiger partial charge on any atom is -0.578 e. The third-order valence-electron chi connectivity index (χ3n) is 0.968. The van der Waals surface area contributed by atoms with Crippen LogP contribution in [0.2, 0.25) is 0 Å². The first-order valence-corrected chi connectivity index (χ1v) is 3.89. The van der Waals surface area contributed by atoms with E-state index < -0.39 is 20.2 Å². The summed E-state index contributed by atoms with van der Waals surface area (Å²) >= 11 is 0. The van der Waals surface area contributed by atoms with Crippen LogP contribution in [0.25, 0.3) is 0 Å². The van der Waals surface area contributed by atoms with Crippen molar-refractivity contribution in [2.45, 2.75) is 19.4 Å². The van der Waals surface area contributed by atoms with Crippen LogP contribution in [0, 0.1) is 0 Å². The van der Waals surface area contributed by atoms with Gasteiger partial charge in [0.15, 0.2) is 0 Å². The predicted molar refractivity (Wildman–Crippen MR) is 32.5 cm³/mol. The van der Waals surface area contributed by atoms with Crippen molar-refractivity contribution in [1.82, 2.24) is 5.09 Å². The molecular formula is C4H8NO4P. The first kappa shape index (κ1) is 9.49. The molecule has 5 nitrogen and oxygen atoms in total. The van der Waals surface area contributed by atoms with E-state index in [1.165, 1.54) is 0 Å². The molecule has 0 radical (unpaired) electrons. The van der Waals surface area contributed by atoms with Gasteiger partial charge in [-0.3, -0.25) is 4.79 Å². The van der Waals surface area contributed by atoms with Gasteiger partial charge in [0.05, 0.1) is 0 Å². The quantitative estimate of drug-likeness (QED) is 0.546. The molecule has 0 aromatic rings. The average molecular weight is 165 g/mol. The Kier molecular flexibility index (Phi) is 4.11. The van der Waals surface area contributed by atoms with Crippen LogP contribution in [0.1, 0.15) is 13.3 Å². The lowest BCUT2D eigenvalue weighted by Crippen LogP contribution is -2.32. The van der Waals surface area contributed by atoms with Crippen molar-refractivity contribution in [2.75, 3.05) is 0 Å². The van der Waals surface area contributed by atoms with Gasteiger partial charge in [0.1, 0.15) is 6.04 Å². The Bertz CT molecular complexity index is 148. The summed E-state index contributed by atoms with van der Waals surface area (Å²) in [6.07, 6.45) is 0.249. The SMILES string of the molecule is CCC(N[P+](=O)[O-])C(=O)O. The lowest BCUT2D eigenvalue weighted by Gasteiger charge is -2.02. The molecule has 2 unspecified atom stereocenters. The van der Waals surface area contributed by atoms with Gasteiger partial charge in [-0.25, -0.2) is 0 Å². The third-order valence-corrected chi connectivity index (χ3v) is 1.49. The second-order valence-corrected chi connectivity index (χ2v) is 2.46. The van der Waals surface area contributed by atoms with E-state index in [0.717, 1.165) is 0 Å². The molecule has 0 aliphatic carbocycles. The molecular weight excluding hydrogens is 157 g/mol. The number of nitrogens with one attached hydrogen (secondary N) is 1. The van der Waals surface area contributed by atoms with Crippen LogP contribution in [0.5, 0.6) is 0 Å². The number of hydrogen-bond acceptors (Lipinski definition) is 3. The summed E-state index contributed by atoms with van der Waals surface area (Å²) in [5.74, 6) is -1.15. The van der Waals surface area contributed by atoms with Crippen molar-refractivity contribution >= 4 is 14.1 Å². The fourth-order valence-corrected chi connectivity index (χ4v) is 0.996. The number of carboxylic acid groups (broad SMARTS) is 1. The van der Waals surface area contributed by atoms with Gasteiger partial charge in [-0.1, -0.05) is 16.6 Å². The Morgan fingerprint density at radius 1 is 1.90 bits per heavy atom. The standard InChI is InChI=1S/C4H8NO4P/c1-2-3(4(6)7)5-10(8)9/h3H,2H2,1H3,(H,6,7)(H,5,8,9). The molecule has 2 N–H and O–H groups in total. The van der Waals surface area contributed by atoms with E-state index in [4.69, 9.17) is 5.11 Å². The number of hydrogen-bond donors (Lipinski definition) is 2. The molecule has 0 aliphatic rings. The van der Waals surface area contributed by atoms with Crippen LogP contribution in [0.15, 0.2) is 0 Å². The van der Waals surface area contributed by atoms with Crippen molar-refractivity contribution in [3.63, 3.8) is 0 Å². The summed E-state index contributed by atoms with van der Waals surface area (Å²) in [4.78, 5) is 20.1. The molecule has 0 saturated carbocycles. The zero-order valence-corrected chi connectivity index (χ0v) is 6.30. The summed E-state index contributed by atoms with van der Waals surface area (Å²) in [6, 6.07) is -0.985. The second kappa shape index (κ2) is 4.33. The lowest BCUT2D eigenvalue weighted by atomic mass is 10.2. The highest BCUT2D eigenvalue weighted by atomic mass is 31.1. The van der Waals surface area contributed by atoms with Gasteiger partial charge >= 0.3 is 14.1 Å². The monoisotopic (exact) mass is 165 g/mol. The van der Waals surface area contributed by atoms with Gasteiger partial charge in [-0.15, -0.1) is 0 Å². The average Bonchev–Trinajstić information content (AvgIpc) is 1.81. The van der Waals surface area contributed by atoms with Gasteiger partial charge < -0.3 is 10.00 Å². The molecule has 0 aliphatic heterocycles. The third kappa shape index (κ3) is 3.50. The van der Waals surface area contributed by atoms with Gasteiger partial charge in [-0.05, 0) is 6.42 Å². The molecule has 0 fully saturated rings. The van der Waals surface area contributed by atoms with E-state index in [2.05, 4.69) is 0 Å². The minimum atomic E-state index is -2.81. The van der Waals surface area contributed by atoms with Crippen LogP contribution in [-0.2, 0) is 9.36 Å². The summed E-state index contributed by atoms with van der Waals surface area (Å²) < 4.78 is 9.94. The number of carboxylic acids is 1. The summed E-state index contributed by atoms with van der Waals surface area (Å²) in [6.45, 7) is 1.59. The zero-order valence-electron chi connectivity index (χ0n) is 5.40. The van der Waals surface area contributed by atoms with Crippen LogP contribution < -0.4 is 9.98 Å². The van der Waals surface area contributed by atoms with Crippen LogP contribution in [-0.4, -0.2) is 17.1 Å². The molecule has 0 saturated heterocycles. The van der Waals surface area contributed by atoms with Gasteiger partial charge in [0, 0.05) is 0 Å². The topological polar surface area (TPSA) is 89.5 Å². The van der Waals surface area contributed by atoms with Crippen molar-refractivity contribution < 1.29 is 19.4 Å². The first-order chi connectivity index (χ1) is 4.57. The maximum absolute atomic E-state index is 10.1. The van der Waals surface area contributed by atoms with E-state index >= 15 is 0 Å². The Balaban J connectivity index is 3.83. The number of carbonyl (C=O) groups is 1. The molecule has 0 amide bonds. The van der Waals surface area contributed by atoms with E-state index in [9.17, 15) is 14.3 Å². The van der Waals surface area contributed by atoms with E-state index in [1.807, 2.05) is 5.09 Å². The molecule has 0 rings (SSSR count). The summed E-state index contributed by atoms with van der Waals surface area (Å²) in [5, 5.41) is 10.2. The van der Waals surface area contributed by atoms with E-state index in [1.54, 1.807) is 6.92 Å².